The Labute approximate surface area is 169 Å². The normalized spacial score (nSPS) is 36.1. The van der Waals surface area contributed by atoms with Gasteiger partial charge in [-0.1, -0.05) is 6.07 Å². The minimum atomic E-state index is -0.891. The molecule has 0 radical (unpaired) electrons. The summed E-state index contributed by atoms with van der Waals surface area (Å²) in [6.07, 6.45) is 4.16. The molecule has 0 saturated carbocycles. The van der Waals surface area contributed by atoms with Gasteiger partial charge < -0.3 is 18.9 Å². The number of rotatable bonds is 3. The fourth-order valence-electron chi connectivity index (χ4n) is 6.11. The SMILES string of the molecule is COc1ccc2c3c1O[C@H]1[C@@H](OC(C)=O)C=C[C@@]4(OC(C)=O)[C@@H](C2)N(C)CC[C@]314. The molecule has 1 saturated heterocycles. The third-order valence-corrected chi connectivity index (χ3v) is 7.05. The zero-order valence-corrected chi connectivity index (χ0v) is 17.1. The topological polar surface area (TPSA) is 74.3 Å². The van der Waals surface area contributed by atoms with Crippen LogP contribution in [0.4, 0.5) is 0 Å². The largest absolute Gasteiger partial charge is 0.493 e. The van der Waals surface area contributed by atoms with Crippen molar-refractivity contribution in [2.75, 3.05) is 20.7 Å². The number of benzene rings is 1. The van der Waals surface area contributed by atoms with Crippen LogP contribution >= 0.6 is 0 Å². The van der Waals surface area contributed by atoms with Crippen molar-refractivity contribution >= 4 is 11.9 Å². The molecule has 7 heteroatoms. The van der Waals surface area contributed by atoms with Crippen LogP contribution in [0.5, 0.6) is 11.5 Å². The molecule has 154 valence electrons. The van der Waals surface area contributed by atoms with Crippen LogP contribution in [0.1, 0.15) is 31.4 Å². The zero-order valence-electron chi connectivity index (χ0n) is 17.1. The summed E-state index contributed by atoms with van der Waals surface area (Å²) < 4.78 is 23.9. The Hall–Kier alpha value is -2.54. The lowest BCUT2D eigenvalue weighted by Crippen LogP contribution is -2.76. The van der Waals surface area contributed by atoms with Gasteiger partial charge in [0.25, 0.3) is 0 Å². The number of methoxy groups -OCH3 is 1. The van der Waals surface area contributed by atoms with Gasteiger partial charge >= 0.3 is 11.9 Å². The summed E-state index contributed by atoms with van der Waals surface area (Å²) in [6.45, 7) is 3.66. The number of hydrogen-bond acceptors (Lipinski definition) is 7. The zero-order chi connectivity index (χ0) is 20.6. The summed E-state index contributed by atoms with van der Waals surface area (Å²) in [5.41, 5.74) is 0.674. The molecule has 4 aliphatic rings. The van der Waals surface area contributed by atoms with Crippen LogP contribution in [0.15, 0.2) is 24.3 Å². The summed E-state index contributed by atoms with van der Waals surface area (Å²) in [7, 11) is 3.68. The molecule has 1 spiro atoms. The maximum atomic E-state index is 12.3. The molecule has 2 aliphatic carbocycles. The van der Waals surface area contributed by atoms with Crippen LogP contribution in [-0.4, -0.2) is 61.4 Å². The van der Waals surface area contributed by atoms with Gasteiger partial charge in [-0.25, -0.2) is 0 Å². The highest BCUT2D eigenvalue weighted by molar-refractivity contribution is 5.71. The predicted octanol–water partition coefficient (Wildman–Crippen LogP) is 1.76. The van der Waals surface area contributed by atoms with Gasteiger partial charge in [0.1, 0.15) is 0 Å². The average Bonchev–Trinajstić information content (AvgIpc) is 3.01. The number of nitrogens with zero attached hydrogens (tertiary/aromatic N) is 1. The Bertz CT molecular complexity index is 941. The molecule has 0 unspecified atom stereocenters. The number of carbonyl (C=O) groups excluding carboxylic acids is 2. The first-order valence-electron chi connectivity index (χ1n) is 9.97. The number of esters is 2. The highest BCUT2D eigenvalue weighted by Crippen LogP contribution is 2.65. The maximum absolute atomic E-state index is 12.3. The predicted molar refractivity (Wildman–Crippen MR) is 103 cm³/mol. The van der Waals surface area contributed by atoms with E-state index in [1.54, 1.807) is 7.11 Å². The Balaban J connectivity index is 1.82. The summed E-state index contributed by atoms with van der Waals surface area (Å²) >= 11 is 0. The van der Waals surface area contributed by atoms with E-state index in [1.807, 2.05) is 18.2 Å². The van der Waals surface area contributed by atoms with Gasteiger partial charge in [-0.05, 0) is 50.2 Å². The van der Waals surface area contributed by atoms with Crippen LogP contribution in [0.2, 0.25) is 0 Å². The number of ether oxygens (including phenoxy) is 4. The lowest BCUT2D eigenvalue weighted by molar-refractivity contribution is -0.197. The molecule has 5 atom stereocenters. The fraction of sp³-hybridized carbons (Fsp3) is 0.545. The number of hydrogen-bond donors (Lipinski definition) is 0. The molecule has 1 aromatic carbocycles. The van der Waals surface area contributed by atoms with Crippen molar-refractivity contribution in [3.63, 3.8) is 0 Å². The molecule has 2 bridgehead atoms. The Kier molecular flexibility index (Phi) is 3.81. The van der Waals surface area contributed by atoms with Crippen LogP contribution in [0.3, 0.4) is 0 Å². The van der Waals surface area contributed by atoms with Gasteiger partial charge in [-0.3, -0.25) is 14.5 Å². The summed E-state index contributed by atoms with van der Waals surface area (Å²) in [4.78, 5) is 26.4. The van der Waals surface area contributed by atoms with Crippen LogP contribution < -0.4 is 9.47 Å². The second kappa shape index (κ2) is 5.98. The third-order valence-electron chi connectivity index (χ3n) is 7.05. The van der Waals surface area contributed by atoms with Gasteiger partial charge in [0.15, 0.2) is 29.3 Å². The second-order valence-corrected chi connectivity index (χ2v) is 8.41. The van der Waals surface area contributed by atoms with Crippen LogP contribution in [0.25, 0.3) is 0 Å². The van der Waals surface area contributed by atoms with E-state index in [4.69, 9.17) is 18.9 Å². The van der Waals surface area contributed by atoms with Crippen molar-refractivity contribution in [2.24, 2.45) is 0 Å². The molecule has 1 aromatic rings. The van der Waals surface area contributed by atoms with Crippen molar-refractivity contribution in [1.82, 2.24) is 4.90 Å². The lowest BCUT2D eigenvalue weighted by atomic mass is 9.50. The second-order valence-electron chi connectivity index (χ2n) is 8.41. The first-order chi connectivity index (χ1) is 13.8. The summed E-state index contributed by atoms with van der Waals surface area (Å²) in [5.74, 6) is 0.612. The lowest BCUT2D eigenvalue weighted by Gasteiger charge is -2.62. The minimum absolute atomic E-state index is 0.0346. The van der Waals surface area contributed by atoms with E-state index in [-0.39, 0.29) is 18.0 Å². The smallest absolute Gasteiger partial charge is 0.303 e. The van der Waals surface area contributed by atoms with E-state index in [2.05, 4.69) is 18.0 Å². The van der Waals surface area contributed by atoms with Crippen LogP contribution in [0, 0.1) is 0 Å². The molecular formula is C22H25NO6. The molecular weight excluding hydrogens is 374 g/mol. The van der Waals surface area contributed by atoms with E-state index >= 15 is 0 Å². The Morgan fingerprint density at radius 1 is 1.24 bits per heavy atom. The number of likely N-dealkylation sites (tertiary alicyclic amines) is 1. The molecule has 0 N–H and O–H groups in total. The van der Waals surface area contributed by atoms with Crippen molar-refractivity contribution in [3.05, 3.63) is 35.4 Å². The molecule has 5 rings (SSSR count). The minimum Gasteiger partial charge on any atom is -0.493 e. The molecule has 0 amide bonds. The number of carbonyl (C=O) groups is 2. The van der Waals surface area contributed by atoms with Crippen LogP contribution in [-0.2, 0) is 30.9 Å². The van der Waals surface area contributed by atoms with Gasteiger partial charge in [-0.15, -0.1) is 0 Å². The fourth-order valence-corrected chi connectivity index (χ4v) is 6.11. The van der Waals surface area contributed by atoms with Crippen molar-refractivity contribution in [1.29, 1.82) is 0 Å². The van der Waals surface area contributed by atoms with Gasteiger partial charge in [-0.2, -0.15) is 0 Å². The van der Waals surface area contributed by atoms with E-state index in [0.717, 1.165) is 18.5 Å². The Morgan fingerprint density at radius 2 is 2.03 bits per heavy atom. The van der Waals surface area contributed by atoms with E-state index in [9.17, 15) is 9.59 Å². The van der Waals surface area contributed by atoms with E-state index in [0.29, 0.717) is 17.9 Å². The van der Waals surface area contributed by atoms with Gasteiger partial charge in [0, 0.05) is 19.4 Å². The average molecular weight is 399 g/mol. The highest BCUT2D eigenvalue weighted by Gasteiger charge is 2.74. The first kappa shape index (κ1) is 18.5. The highest BCUT2D eigenvalue weighted by atomic mass is 16.6. The Morgan fingerprint density at radius 3 is 2.72 bits per heavy atom. The standard InChI is InChI=1S/C22H25NO6/c1-12(24)27-16-7-8-22(29-13(2)25)17-11-14-5-6-15(26-4)19-18(14)21(22,20(16)28-19)9-10-23(17)3/h5-8,16-17,20H,9-11H2,1-4H3/t16-,17+,20-,21-,22+/m0/s1. The molecule has 29 heavy (non-hydrogen) atoms. The monoisotopic (exact) mass is 399 g/mol. The molecule has 0 aromatic heterocycles. The quantitative estimate of drug-likeness (QED) is 0.566. The molecule has 2 aliphatic heterocycles. The first-order valence-corrected chi connectivity index (χ1v) is 9.97. The van der Waals surface area contributed by atoms with Gasteiger partial charge in [0.2, 0.25) is 0 Å². The van der Waals surface area contributed by atoms with E-state index < -0.39 is 23.2 Å². The third kappa shape index (κ3) is 2.16. The van der Waals surface area contributed by atoms with Crippen molar-refractivity contribution in [2.45, 2.75) is 56.0 Å². The van der Waals surface area contributed by atoms with E-state index in [1.165, 1.54) is 19.4 Å². The van der Waals surface area contributed by atoms with Crippen molar-refractivity contribution in [3.8, 4) is 11.5 Å². The van der Waals surface area contributed by atoms with Gasteiger partial charge in [0.05, 0.1) is 18.6 Å². The number of piperidine rings is 1. The molecule has 1 fully saturated rings. The summed E-state index contributed by atoms with van der Waals surface area (Å²) in [5, 5.41) is 0. The number of likely N-dealkylation sites (N-methyl/N-ethyl adjacent to an activating group) is 1. The summed E-state index contributed by atoms with van der Waals surface area (Å²) in [6, 6.07) is 3.96. The molecule has 2 heterocycles. The maximum Gasteiger partial charge on any atom is 0.303 e. The van der Waals surface area contributed by atoms with Crippen molar-refractivity contribution < 1.29 is 28.5 Å². The molecule has 7 nitrogen and oxygen atoms in total.